The van der Waals surface area contributed by atoms with Gasteiger partial charge in [0.25, 0.3) is 5.91 Å². The molecule has 0 radical (unpaired) electrons. The Kier molecular flexibility index (Phi) is 6.10. The Morgan fingerprint density at radius 1 is 1.28 bits per heavy atom. The number of amides is 1. The molecular formula is C20H26N2O2S. The molecule has 134 valence electrons. The van der Waals surface area contributed by atoms with Gasteiger partial charge in [-0.1, -0.05) is 12.1 Å². The van der Waals surface area contributed by atoms with E-state index in [9.17, 15) is 4.79 Å². The molecule has 0 saturated carbocycles. The number of benzene rings is 1. The van der Waals surface area contributed by atoms with Crippen molar-refractivity contribution < 1.29 is 9.53 Å². The second kappa shape index (κ2) is 8.50. The zero-order chi connectivity index (χ0) is 17.6. The summed E-state index contributed by atoms with van der Waals surface area (Å²) in [5, 5.41) is 7.33. The van der Waals surface area contributed by atoms with Gasteiger partial charge in [-0.15, -0.1) is 0 Å². The Morgan fingerprint density at radius 3 is 2.80 bits per heavy atom. The van der Waals surface area contributed by atoms with Crippen molar-refractivity contribution in [3.63, 3.8) is 0 Å². The summed E-state index contributed by atoms with van der Waals surface area (Å²) in [5.74, 6) is 0.712. The first-order chi connectivity index (χ1) is 12.1. The number of aryl methyl sites for hydroxylation is 2. The van der Waals surface area contributed by atoms with Crippen molar-refractivity contribution in [2.45, 2.75) is 32.7 Å². The van der Waals surface area contributed by atoms with Crippen LogP contribution in [0.5, 0.6) is 5.75 Å². The topological polar surface area (TPSA) is 41.6 Å². The van der Waals surface area contributed by atoms with E-state index in [0.29, 0.717) is 6.54 Å². The summed E-state index contributed by atoms with van der Waals surface area (Å²) in [5.41, 5.74) is 3.47. The summed E-state index contributed by atoms with van der Waals surface area (Å²) >= 11 is 1.71. The molecule has 0 bridgehead atoms. The fourth-order valence-corrected chi connectivity index (χ4v) is 3.95. The zero-order valence-corrected chi connectivity index (χ0v) is 15.8. The normalized spacial score (nSPS) is 15.9. The molecule has 1 aromatic heterocycles. The van der Waals surface area contributed by atoms with E-state index in [1.807, 2.05) is 32.0 Å². The van der Waals surface area contributed by atoms with Crippen LogP contribution in [0.1, 0.15) is 35.6 Å². The van der Waals surface area contributed by atoms with Gasteiger partial charge in [0.15, 0.2) is 6.61 Å². The Balaban J connectivity index is 1.53. The van der Waals surface area contributed by atoms with Crippen LogP contribution in [0, 0.1) is 13.8 Å². The molecule has 2 aromatic rings. The van der Waals surface area contributed by atoms with Gasteiger partial charge in [-0.3, -0.25) is 9.69 Å². The Morgan fingerprint density at radius 2 is 2.08 bits per heavy atom. The molecule has 1 unspecified atom stereocenters. The minimum atomic E-state index is -0.0691. The monoisotopic (exact) mass is 358 g/mol. The second-order valence-electron chi connectivity index (χ2n) is 6.68. The van der Waals surface area contributed by atoms with Crippen LogP contribution >= 0.6 is 11.3 Å². The third-order valence-corrected chi connectivity index (χ3v) is 5.41. The highest BCUT2D eigenvalue weighted by atomic mass is 32.1. The van der Waals surface area contributed by atoms with Crippen molar-refractivity contribution in [2.24, 2.45) is 0 Å². The molecule has 25 heavy (non-hydrogen) atoms. The smallest absolute Gasteiger partial charge is 0.258 e. The van der Waals surface area contributed by atoms with Crippen LogP contribution in [0.4, 0.5) is 0 Å². The van der Waals surface area contributed by atoms with Gasteiger partial charge < -0.3 is 10.1 Å². The second-order valence-corrected chi connectivity index (χ2v) is 7.46. The van der Waals surface area contributed by atoms with Crippen LogP contribution in [0.15, 0.2) is 35.0 Å². The minimum Gasteiger partial charge on any atom is -0.483 e. The van der Waals surface area contributed by atoms with E-state index in [1.54, 1.807) is 11.3 Å². The molecule has 1 aliphatic heterocycles. The lowest BCUT2D eigenvalue weighted by Gasteiger charge is -2.27. The van der Waals surface area contributed by atoms with Crippen molar-refractivity contribution in [1.82, 2.24) is 10.2 Å². The van der Waals surface area contributed by atoms with Gasteiger partial charge in [-0.2, -0.15) is 11.3 Å². The predicted octanol–water partition coefficient (Wildman–Crippen LogP) is 3.70. The fraction of sp³-hybridized carbons (Fsp3) is 0.450. The summed E-state index contributed by atoms with van der Waals surface area (Å²) in [6.07, 6.45) is 2.48. The summed E-state index contributed by atoms with van der Waals surface area (Å²) in [6.45, 7) is 6.91. The number of thiophene rings is 1. The maximum absolute atomic E-state index is 12.2. The summed E-state index contributed by atoms with van der Waals surface area (Å²) in [4.78, 5) is 14.7. The van der Waals surface area contributed by atoms with Crippen molar-refractivity contribution in [2.75, 3.05) is 26.2 Å². The van der Waals surface area contributed by atoms with Gasteiger partial charge >= 0.3 is 0 Å². The molecule has 1 aliphatic rings. The number of nitrogens with one attached hydrogen (secondary N) is 1. The molecule has 1 fully saturated rings. The van der Waals surface area contributed by atoms with Crippen molar-refractivity contribution in [3.05, 3.63) is 51.7 Å². The summed E-state index contributed by atoms with van der Waals surface area (Å²) in [7, 11) is 0. The van der Waals surface area contributed by atoms with Gasteiger partial charge in [0.1, 0.15) is 5.75 Å². The number of hydrogen-bond acceptors (Lipinski definition) is 4. The van der Waals surface area contributed by atoms with E-state index < -0.39 is 0 Å². The predicted molar refractivity (Wildman–Crippen MR) is 102 cm³/mol. The molecule has 1 N–H and O–H groups in total. The Labute approximate surface area is 153 Å². The molecule has 4 nitrogen and oxygen atoms in total. The molecule has 2 heterocycles. The standard InChI is InChI=1S/C20H26N2O2S/c1-15-5-6-16(2)19(11-15)24-13-20(23)21-12-18(17-7-10-25-14-17)22-8-3-4-9-22/h5-7,10-11,14,18H,3-4,8-9,12-13H2,1-2H3,(H,21,23). The highest BCUT2D eigenvalue weighted by molar-refractivity contribution is 7.07. The molecule has 3 rings (SSSR count). The van der Waals surface area contributed by atoms with Gasteiger partial charge in [0, 0.05) is 6.54 Å². The number of carbonyl (C=O) groups excluding carboxylic acids is 1. The number of likely N-dealkylation sites (tertiary alicyclic amines) is 1. The quantitative estimate of drug-likeness (QED) is 0.821. The molecule has 1 atom stereocenters. The van der Waals surface area contributed by atoms with E-state index in [0.717, 1.165) is 30.0 Å². The zero-order valence-electron chi connectivity index (χ0n) is 15.0. The lowest BCUT2D eigenvalue weighted by atomic mass is 10.1. The van der Waals surface area contributed by atoms with E-state index >= 15 is 0 Å². The SMILES string of the molecule is Cc1ccc(C)c(OCC(=O)NCC(c2ccsc2)N2CCCC2)c1. The van der Waals surface area contributed by atoms with Crippen LogP contribution < -0.4 is 10.1 Å². The van der Waals surface area contributed by atoms with E-state index in [4.69, 9.17) is 4.74 Å². The van der Waals surface area contributed by atoms with E-state index in [1.165, 1.54) is 18.4 Å². The minimum absolute atomic E-state index is 0.0562. The van der Waals surface area contributed by atoms with E-state index in [-0.39, 0.29) is 18.6 Å². The average Bonchev–Trinajstić information content (AvgIpc) is 3.30. The van der Waals surface area contributed by atoms with Crippen molar-refractivity contribution in [1.29, 1.82) is 0 Å². The number of rotatable bonds is 7. The van der Waals surface area contributed by atoms with Gasteiger partial charge in [-0.05, 0) is 79.4 Å². The van der Waals surface area contributed by atoms with Crippen molar-refractivity contribution >= 4 is 17.2 Å². The molecule has 0 aliphatic carbocycles. The van der Waals surface area contributed by atoms with Gasteiger partial charge in [-0.25, -0.2) is 0 Å². The maximum atomic E-state index is 12.2. The number of hydrogen-bond donors (Lipinski definition) is 1. The van der Waals surface area contributed by atoms with Gasteiger partial charge in [0.05, 0.1) is 6.04 Å². The van der Waals surface area contributed by atoms with Crippen LogP contribution in [0.25, 0.3) is 0 Å². The lowest BCUT2D eigenvalue weighted by molar-refractivity contribution is -0.123. The third kappa shape index (κ3) is 4.83. The van der Waals surface area contributed by atoms with Gasteiger partial charge in [0.2, 0.25) is 0 Å². The van der Waals surface area contributed by atoms with E-state index in [2.05, 4.69) is 27.0 Å². The Hall–Kier alpha value is -1.85. The molecular weight excluding hydrogens is 332 g/mol. The molecule has 5 heteroatoms. The fourth-order valence-electron chi connectivity index (χ4n) is 3.24. The lowest BCUT2D eigenvalue weighted by Crippen LogP contribution is -2.38. The molecule has 1 saturated heterocycles. The highest BCUT2D eigenvalue weighted by Gasteiger charge is 2.24. The molecule has 1 amide bonds. The average molecular weight is 359 g/mol. The van der Waals surface area contributed by atoms with Crippen LogP contribution in [0.3, 0.4) is 0 Å². The first-order valence-electron chi connectivity index (χ1n) is 8.86. The highest BCUT2D eigenvalue weighted by Crippen LogP contribution is 2.26. The number of ether oxygens (including phenoxy) is 1. The third-order valence-electron chi connectivity index (χ3n) is 4.70. The van der Waals surface area contributed by atoms with Crippen molar-refractivity contribution in [3.8, 4) is 5.75 Å². The van der Waals surface area contributed by atoms with Crippen LogP contribution in [-0.2, 0) is 4.79 Å². The number of nitrogens with zero attached hydrogens (tertiary/aromatic N) is 1. The maximum Gasteiger partial charge on any atom is 0.258 e. The first-order valence-corrected chi connectivity index (χ1v) is 9.80. The first kappa shape index (κ1) is 18.0. The summed E-state index contributed by atoms with van der Waals surface area (Å²) < 4.78 is 5.70. The molecule has 1 aromatic carbocycles. The molecule has 0 spiro atoms. The summed E-state index contributed by atoms with van der Waals surface area (Å²) in [6, 6.07) is 8.46. The van der Waals surface area contributed by atoms with Crippen LogP contribution in [-0.4, -0.2) is 37.0 Å². The largest absolute Gasteiger partial charge is 0.483 e. The number of carbonyl (C=O) groups is 1. The Bertz CT molecular complexity index is 694. The van der Waals surface area contributed by atoms with Crippen LogP contribution in [0.2, 0.25) is 0 Å².